The van der Waals surface area contributed by atoms with Crippen LogP contribution in [0.2, 0.25) is 0 Å². The van der Waals surface area contributed by atoms with Crippen molar-refractivity contribution in [3.63, 3.8) is 0 Å². The smallest absolute Gasteiger partial charge is 0.270 e. The molecule has 10 heteroatoms. The summed E-state index contributed by atoms with van der Waals surface area (Å²) in [6.07, 6.45) is 0. The van der Waals surface area contributed by atoms with E-state index in [0.29, 0.717) is 34.4 Å². The Morgan fingerprint density at radius 3 is 2.67 bits per heavy atom. The Labute approximate surface area is 192 Å². The van der Waals surface area contributed by atoms with Gasteiger partial charge in [0.25, 0.3) is 11.6 Å². The molecule has 2 N–H and O–H groups in total. The number of methoxy groups -OCH3 is 1. The molecular weight excluding hydrogens is 442 g/mol. The molecule has 0 aliphatic rings. The SMILES string of the molecule is COc1ccc(C(=O)Nc2nc3ccc([N+](=O)[O-])cc3c(NCc3cccs3)c2C#N)cc1. The molecule has 4 aromatic rings. The maximum atomic E-state index is 12.8. The average Bonchev–Trinajstić information content (AvgIpc) is 3.35. The van der Waals surface area contributed by atoms with E-state index in [2.05, 4.69) is 21.7 Å². The van der Waals surface area contributed by atoms with Gasteiger partial charge in [-0.05, 0) is 41.8 Å². The predicted octanol–water partition coefficient (Wildman–Crippen LogP) is 4.95. The van der Waals surface area contributed by atoms with Crippen LogP contribution in [0.1, 0.15) is 20.8 Å². The fraction of sp³-hybridized carbons (Fsp3) is 0.0870. The molecular formula is C23H17N5O4S. The summed E-state index contributed by atoms with van der Waals surface area (Å²) < 4.78 is 5.11. The van der Waals surface area contributed by atoms with E-state index < -0.39 is 10.8 Å². The third-order valence-corrected chi connectivity index (χ3v) is 5.77. The van der Waals surface area contributed by atoms with Crippen molar-refractivity contribution < 1.29 is 14.5 Å². The number of ether oxygens (including phenoxy) is 1. The van der Waals surface area contributed by atoms with Crippen molar-refractivity contribution >= 4 is 45.3 Å². The summed E-state index contributed by atoms with van der Waals surface area (Å²) in [4.78, 5) is 29.0. The number of aromatic nitrogens is 1. The number of fused-ring (bicyclic) bond motifs is 1. The van der Waals surface area contributed by atoms with E-state index in [1.807, 2.05) is 17.5 Å². The van der Waals surface area contributed by atoms with Crippen LogP contribution in [0.4, 0.5) is 17.2 Å². The number of non-ortho nitro benzene ring substituents is 1. The van der Waals surface area contributed by atoms with E-state index in [-0.39, 0.29) is 17.1 Å². The highest BCUT2D eigenvalue weighted by molar-refractivity contribution is 7.09. The molecule has 0 unspecified atom stereocenters. The van der Waals surface area contributed by atoms with Crippen molar-refractivity contribution in [3.8, 4) is 11.8 Å². The van der Waals surface area contributed by atoms with Crippen molar-refractivity contribution in [1.29, 1.82) is 5.26 Å². The fourth-order valence-electron chi connectivity index (χ4n) is 3.26. The normalized spacial score (nSPS) is 10.4. The number of carbonyl (C=O) groups excluding carboxylic acids is 1. The van der Waals surface area contributed by atoms with Crippen LogP contribution < -0.4 is 15.4 Å². The van der Waals surface area contributed by atoms with Crippen molar-refractivity contribution in [3.05, 3.63) is 86.1 Å². The molecule has 2 aromatic heterocycles. The fourth-order valence-corrected chi connectivity index (χ4v) is 3.90. The van der Waals surface area contributed by atoms with Gasteiger partial charge in [0, 0.05) is 34.5 Å². The van der Waals surface area contributed by atoms with Crippen LogP contribution in [0.15, 0.2) is 60.0 Å². The molecule has 33 heavy (non-hydrogen) atoms. The Hall–Kier alpha value is -4.49. The predicted molar refractivity (Wildman–Crippen MR) is 126 cm³/mol. The van der Waals surface area contributed by atoms with Crippen LogP contribution in [-0.2, 0) is 6.54 Å². The van der Waals surface area contributed by atoms with Crippen LogP contribution >= 0.6 is 11.3 Å². The van der Waals surface area contributed by atoms with Gasteiger partial charge in [0.15, 0.2) is 5.82 Å². The number of nitrogens with one attached hydrogen (secondary N) is 2. The molecule has 0 atom stereocenters. The number of anilines is 2. The second kappa shape index (κ2) is 9.33. The van der Waals surface area contributed by atoms with Gasteiger partial charge in [-0.3, -0.25) is 14.9 Å². The zero-order valence-electron chi connectivity index (χ0n) is 17.4. The number of benzene rings is 2. The molecule has 0 aliphatic carbocycles. The van der Waals surface area contributed by atoms with Gasteiger partial charge in [0.05, 0.1) is 23.2 Å². The molecule has 2 aromatic carbocycles. The minimum absolute atomic E-state index is 0.0633. The summed E-state index contributed by atoms with van der Waals surface area (Å²) in [6, 6.07) is 16.6. The Bertz CT molecular complexity index is 1380. The zero-order chi connectivity index (χ0) is 23.4. The van der Waals surface area contributed by atoms with Crippen molar-refractivity contribution in [2.24, 2.45) is 0 Å². The van der Waals surface area contributed by atoms with E-state index in [1.54, 1.807) is 24.3 Å². The maximum Gasteiger partial charge on any atom is 0.270 e. The van der Waals surface area contributed by atoms with Crippen LogP contribution in [0.5, 0.6) is 5.75 Å². The highest BCUT2D eigenvalue weighted by atomic mass is 32.1. The molecule has 0 aliphatic heterocycles. The number of amides is 1. The van der Waals surface area contributed by atoms with Gasteiger partial charge in [-0.1, -0.05) is 6.07 Å². The second-order valence-electron chi connectivity index (χ2n) is 6.90. The van der Waals surface area contributed by atoms with Crippen molar-refractivity contribution in [2.45, 2.75) is 6.54 Å². The number of nitro groups is 1. The van der Waals surface area contributed by atoms with Gasteiger partial charge >= 0.3 is 0 Å². The lowest BCUT2D eigenvalue weighted by Gasteiger charge is -2.15. The van der Waals surface area contributed by atoms with Gasteiger partial charge in [0.2, 0.25) is 0 Å². The molecule has 0 saturated heterocycles. The van der Waals surface area contributed by atoms with Crippen molar-refractivity contribution in [1.82, 2.24) is 4.98 Å². The second-order valence-corrected chi connectivity index (χ2v) is 7.93. The number of pyridine rings is 1. The van der Waals surface area contributed by atoms with Gasteiger partial charge in [-0.15, -0.1) is 11.3 Å². The number of nitro benzene ring substituents is 1. The van der Waals surface area contributed by atoms with E-state index in [4.69, 9.17) is 4.74 Å². The Kier molecular flexibility index (Phi) is 6.15. The first kappa shape index (κ1) is 21.7. The molecule has 2 heterocycles. The van der Waals surface area contributed by atoms with Crippen molar-refractivity contribution in [2.75, 3.05) is 17.7 Å². The number of nitriles is 1. The average molecular weight is 459 g/mol. The van der Waals surface area contributed by atoms with Gasteiger partial charge in [-0.2, -0.15) is 5.26 Å². The van der Waals surface area contributed by atoms with Gasteiger partial charge < -0.3 is 15.4 Å². The monoisotopic (exact) mass is 459 g/mol. The molecule has 0 fully saturated rings. The number of hydrogen-bond donors (Lipinski definition) is 2. The number of thiophene rings is 1. The maximum absolute atomic E-state index is 12.8. The van der Waals surface area contributed by atoms with Crippen LogP contribution in [0.25, 0.3) is 10.9 Å². The lowest BCUT2D eigenvalue weighted by molar-refractivity contribution is -0.384. The summed E-state index contributed by atoms with van der Waals surface area (Å²) in [6.45, 7) is 0.403. The third kappa shape index (κ3) is 4.58. The van der Waals surface area contributed by atoms with Crippen LogP contribution in [0.3, 0.4) is 0 Å². The molecule has 0 saturated carbocycles. The first-order valence-electron chi connectivity index (χ1n) is 9.74. The number of hydrogen-bond acceptors (Lipinski definition) is 8. The van der Waals surface area contributed by atoms with E-state index >= 15 is 0 Å². The minimum atomic E-state index is -0.506. The summed E-state index contributed by atoms with van der Waals surface area (Å²) in [5, 5.41) is 29.5. The molecule has 0 spiro atoms. The lowest BCUT2D eigenvalue weighted by Crippen LogP contribution is -2.15. The first-order chi connectivity index (χ1) is 16.0. The van der Waals surface area contributed by atoms with Crippen LogP contribution in [-0.4, -0.2) is 22.9 Å². The molecule has 0 radical (unpaired) electrons. The summed E-state index contributed by atoms with van der Waals surface area (Å²) in [5.74, 6) is 0.218. The van der Waals surface area contributed by atoms with E-state index in [9.17, 15) is 20.2 Å². The number of carbonyl (C=O) groups is 1. The minimum Gasteiger partial charge on any atom is -0.497 e. The standard InChI is InChI=1S/C23H17N5O4S/c1-32-16-7-4-14(5-8-16)23(29)27-22-19(12-24)21(25-13-17-3-2-10-33-17)18-11-15(28(30)31)6-9-20(18)26-22/h2-11H,13H2,1H3,(H2,25,26,27,29). The Morgan fingerprint density at radius 2 is 2.03 bits per heavy atom. The summed E-state index contributed by atoms with van der Waals surface area (Å²) in [5.41, 5.74) is 1.09. The summed E-state index contributed by atoms with van der Waals surface area (Å²) in [7, 11) is 1.53. The van der Waals surface area contributed by atoms with Gasteiger partial charge in [0.1, 0.15) is 17.4 Å². The first-order valence-corrected chi connectivity index (χ1v) is 10.6. The Morgan fingerprint density at radius 1 is 1.24 bits per heavy atom. The molecule has 0 bridgehead atoms. The quantitative estimate of drug-likeness (QED) is 0.295. The topological polar surface area (TPSA) is 130 Å². The van der Waals surface area contributed by atoms with Gasteiger partial charge in [-0.25, -0.2) is 4.98 Å². The van der Waals surface area contributed by atoms with E-state index in [0.717, 1.165) is 4.88 Å². The molecule has 164 valence electrons. The van der Waals surface area contributed by atoms with E-state index in [1.165, 1.54) is 36.6 Å². The zero-order valence-corrected chi connectivity index (χ0v) is 18.2. The largest absolute Gasteiger partial charge is 0.497 e. The lowest BCUT2D eigenvalue weighted by atomic mass is 10.1. The molecule has 9 nitrogen and oxygen atoms in total. The summed E-state index contributed by atoms with van der Waals surface area (Å²) >= 11 is 1.53. The third-order valence-electron chi connectivity index (χ3n) is 4.89. The molecule has 4 rings (SSSR count). The number of nitrogens with zero attached hydrogens (tertiary/aromatic N) is 3. The number of rotatable bonds is 7. The van der Waals surface area contributed by atoms with Crippen LogP contribution in [0, 0.1) is 21.4 Å². The highest BCUT2D eigenvalue weighted by Crippen LogP contribution is 2.34. The molecule has 1 amide bonds. The Balaban J connectivity index is 1.78. The highest BCUT2D eigenvalue weighted by Gasteiger charge is 2.20.